The molecule has 148 valence electrons. The third-order valence-corrected chi connectivity index (χ3v) is 5.11. The summed E-state index contributed by atoms with van der Waals surface area (Å²) in [6.45, 7) is 0.280. The number of benzene rings is 3. The fraction of sp³-hybridized carbons (Fsp3) is 0.111. The van der Waals surface area contributed by atoms with Crippen LogP contribution in [0.15, 0.2) is 116 Å². The lowest BCUT2D eigenvalue weighted by Crippen LogP contribution is -2.43. The second-order valence-electron chi connectivity index (χ2n) is 7.36. The van der Waals surface area contributed by atoms with Crippen LogP contribution in [0.4, 0.5) is 0 Å². The fourth-order valence-electron chi connectivity index (χ4n) is 3.57. The molecule has 1 heterocycles. The van der Waals surface area contributed by atoms with Crippen LogP contribution in [0.1, 0.15) is 28.3 Å². The molecule has 3 aromatic carbocycles. The van der Waals surface area contributed by atoms with Gasteiger partial charge in [-0.2, -0.15) is 4.57 Å². The highest BCUT2D eigenvalue weighted by Gasteiger charge is 2.18. The van der Waals surface area contributed by atoms with Gasteiger partial charge in [-0.25, -0.2) is 0 Å². The van der Waals surface area contributed by atoms with E-state index < -0.39 is 0 Å². The molecule has 0 unspecified atom stereocenters. The number of nitrogens with zero attached hydrogens (tertiary/aromatic N) is 1. The zero-order chi connectivity index (χ0) is 20.6. The molecular formula is C27H25N2O+. The smallest absolute Gasteiger partial charge is 0.286 e. The topological polar surface area (TPSA) is 33.0 Å². The Morgan fingerprint density at radius 2 is 1.13 bits per heavy atom. The van der Waals surface area contributed by atoms with Gasteiger partial charge in [0.05, 0.1) is 6.04 Å². The number of carbonyl (C=O) groups is 1. The van der Waals surface area contributed by atoms with Gasteiger partial charge < -0.3 is 5.32 Å². The standard InChI is InChI=1S/C27H24N2O/c30-26(21-29-18-16-23(17-19-29)20-22-10-4-1-5-11-22)28-27(24-12-6-2-7-13-24)25-14-8-3-9-15-25/h1-19,27H,20-21H2/p+1. The summed E-state index contributed by atoms with van der Waals surface area (Å²) in [4.78, 5) is 12.8. The van der Waals surface area contributed by atoms with Gasteiger partial charge in [-0.05, 0) is 28.7 Å². The zero-order valence-corrected chi connectivity index (χ0v) is 16.8. The van der Waals surface area contributed by atoms with E-state index in [2.05, 4.69) is 41.7 Å². The van der Waals surface area contributed by atoms with Crippen molar-refractivity contribution in [2.45, 2.75) is 19.0 Å². The average molecular weight is 394 g/mol. The van der Waals surface area contributed by atoms with Crippen LogP contribution in [0, 0.1) is 0 Å². The van der Waals surface area contributed by atoms with E-state index in [-0.39, 0.29) is 18.5 Å². The molecule has 1 N–H and O–H groups in total. The average Bonchev–Trinajstić information content (AvgIpc) is 2.81. The summed E-state index contributed by atoms with van der Waals surface area (Å²) in [5.74, 6) is -0.0199. The van der Waals surface area contributed by atoms with Crippen molar-refractivity contribution in [3.63, 3.8) is 0 Å². The number of nitrogens with one attached hydrogen (secondary N) is 1. The van der Waals surface area contributed by atoms with Crippen LogP contribution in [0.2, 0.25) is 0 Å². The predicted octanol–water partition coefficient (Wildman–Crippen LogP) is 4.47. The van der Waals surface area contributed by atoms with Crippen LogP contribution in [-0.2, 0) is 17.8 Å². The third kappa shape index (κ3) is 5.21. The first-order valence-electron chi connectivity index (χ1n) is 10.2. The summed E-state index contributed by atoms with van der Waals surface area (Å²) in [6, 6.07) is 34.5. The van der Waals surface area contributed by atoms with Gasteiger partial charge >= 0.3 is 0 Å². The maximum atomic E-state index is 12.8. The van der Waals surface area contributed by atoms with Crippen LogP contribution in [0.3, 0.4) is 0 Å². The van der Waals surface area contributed by atoms with Crippen molar-refractivity contribution >= 4 is 5.91 Å². The number of pyridine rings is 1. The molecule has 0 aliphatic heterocycles. The molecule has 1 aromatic heterocycles. The Bertz CT molecular complexity index is 1020. The molecule has 0 atom stereocenters. The van der Waals surface area contributed by atoms with E-state index in [0.717, 1.165) is 17.5 Å². The molecule has 0 aliphatic carbocycles. The number of aromatic nitrogens is 1. The van der Waals surface area contributed by atoms with E-state index in [0.29, 0.717) is 0 Å². The first-order chi connectivity index (χ1) is 14.8. The molecule has 30 heavy (non-hydrogen) atoms. The van der Waals surface area contributed by atoms with Gasteiger partial charge in [0.2, 0.25) is 6.54 Å². The van der Waals surface area contributed by atoms with Crippen molar-refractivity contribution in [3.8, 4) is 0 Å². The second kappa shape index (κ2) is 9.66. The molecular weight excluding hydrogens is 368 g/mol. The molecule has 3 nitrogen and oxygen atoms in total. The Labute approximate surface area is 177 Å². The molecule has 0 spiro atoms. The Morgan fingerprint density at radius 1 is 0.667 bits per heavy atom. The number of hydrogen-bond donors (Lipinski definition) is 1. The third-order valence-electron chi connectivity index (χ3n) is 5.11. The monoisotopic (exact) mass is 393 g/mol. The van der Waals surface area contributed by atoms with E-state index in [9.17, 15) is 4.79 Å². The Balaban J connectivity index is 1.43. The van der Waals surface area contributed by atoms with E-state index in [1.165, 1.54) is 11.1 Å². The van der Waals surface area contributed by atoms with Crippen molar-refractivity contribution in [2.75, 3.05) is 0 Å². The molecule has 4 aromatic rings. The summed E-state index contributed by atoms with van der Waals surface area (Å²) in [5.41, 5.74) is 4.64. The lowest BCUT2D eigenvalue weighted by Gasteiger charge is -2.19. The number of amides is 1. The highest BCUT2D eigenvalue weighted by atomic mass is 16.2. The van der Waals surface area contributed by atoms with Gasteiger partial charge in [0.25, 0.3) is 5.91 Å². The highest BCUT2D eigenvalue weighted by molar-refractivity contribution is 5.75. The lowest BCUT2D eigenvalue weighted by atomic mass is 9.99. The van der Waals surface area contributed by atoms with Crippen LogP contribution in [-0.4, -0.2) is 5.91 Å². The Morgan fingerprint density at radius 3 is 1.67 bits per heavy atom. The summed E-state index contributed by atoms with van der Waals surface area (Å²) >= 11 is 0. The summed E-state index contributed by atoms with van der Waals surface area (Å²) in [5, 5.41) is 3.19. The zero-order valence-electron chi connectivity index (χ0n) is 16.8. The minimum atomic E-state index is -0.169. The number of hydrogen-bond acceptors (Lipinski definition) is 1. The first kappa shape index (κ1) is 19.6. The van der Waals surface area contributed by atoms with E-state index in [4.69, 9.17) is 0 Å². The SMILES string of the molecule is O=C(C[n+]1ccc(Cc2ccccc2)cc1)NC(c1ccccc1)c1ccccc1. The lowest BCUT2D eigenvalue weighted by molar-refractivity contribution is -0.684. The normalized spacial score (nSPS) is 10.7. The molecule has 0 aliphatic rings. The van der Waals surface area contributed by atoms with Gasteiger partial charge in [-0.3, -0.25) is 4.79 Å². The Kier molecular flexibility index (Phi) is 6.31. The van der Waals surface area contributed by atoms with Gasteiger partial charge in [-0.1, -0.05) is 91.0 Å². The van der Waals surface area contributed by atoms with Crippen molar-refractivity contribution in [1.29, 1.82) is 0 Å². The van der Waals surface area contributed by atoms with E-state index in [1.807, 2.05) is 83.7 Å². The van der Waals surface area contributed by atoms with Crippen LogP contribution in [0.25, 0.3) is 0 Å². The molecule has 1 amide bonds. The number of rotatable bonds is 7. The fourth-order valence-corrected chi connectivity index (χ4v) is 3.57. The van der Waals surface area contributed by atoms with Crippen molar-refractivity contribution in [1.82, 2.24) is 5.32 Å². The van der Waals surface area contributed by atoms with Crippen LogP contribution in [0.5, 0.6) is 0 Å². The summed E-state index contributed by atoms with van der Waals surface area (Å²) < 4.78 is 1.91. The Hall–Kier alpha value is -3.72. The molecule has 0 fully saturated rings. The molecule has 0 bridgehead atoms. The summed E-state index contributed by atoms with van der Waals surface area (Å²) in [6.07, 6.45) is 4.83. The van der Waals surface area contributed by atoms with Gasteiger partial charge in [-0.15, -0.1) is 0 Å². The molecule has 0 saturated carbocycles. The number of carbonyl (C=O) groups excluding carboxylic acids is 1. The minimum Gasteiger partial charge on any atom is -0.340 e. The largest absolute Gasteiger partial charge is 0.340 e. The quantitative estimate of drug-likeness (QED) is 0.462. The van der Waals surface area contributed by atoms with Crippen molar-refractivity contribution in [3.05, 3.63) is 138 Å². The molecule has 3 heteroatoms. The first-order valence-corrected chi connectivity index (χ1v) is 10.2. The van der Waals surface area contributed by atoms with Crippen LogP contribution >= 0.6 is 0 Å². The van der Waals surface area contributed by atoms with Crippen molar-refractivity contribution in [2.24, 2.45) is 0 Å². The minimum absolute atomic E-state index is 0.0199. The maximum Gasteiger partial charge on any atom is 0.286 e. The van der Waals surface area contributed by atoms with E-state index in [1.54, 1.807) is 0 Å². The highest BCUT2D eigenvalue weighted by Crippen LogP contribution is 2.21. The van der Waals surface area contributed by atoms with Gasteiger partial charge in [0.1, 0.15) is 0 Å². The summed E-state index contributed by atoms with van der Waals surface area (Å²) in [7, 11) is 0. The van der Waals surface area contributed by atoms with Gasteiger partial charge in [0.15, 0.2) is 12.4 Å². The van der Waals surface area contributed by atoms with Crippen LogP contribution < -0.4 is 9.88 Å². The van der Waals surface area contributed by atoms with Gasteiger partial charge in [0, 0.05) is 12.1 Å². The van der Waals surface area contributed by atoms with E-state index >= 15 is 0 Å². The molecule has 0 saturated heterocycles. The second-order valence-corrected chi connectivity index (χ2v) is 7.36. The maximum absolute atomic E-state index is 12.8. The molecule has 0 radical (unpaired) electrons. The molecule has 4 rings (SSSR count). The van der Waals surface area contributed by atoms with Crippen molar-refractivity contribution < 1.29 is 9.36 Å². The predicted molar refractivity (Wildman–Crippen MR) is 119 cm³/mol.